The fraction of sp³-hybridized carbons (Fsp3) is 0.417. The van der Waals surface area contributed by atoms with Crippen molar-refractivity contribution in [1.29, 1.82) is 0 Å². The Bertz CT molecular complexity index is 1030. The lowest BCUT2D eigenvalue weighted by Gasteiger charge is -2.31. The molecule has 4 rings (SSSR count). The number of ether oxygens (including phenoxy) is 1. The lowest BCUT2D eigenvalue weighted by Crippen LogP contribution is -2.41. The maximum Gasteiger partial charge on any atom is 0.138 e. The van der Waals surface area contributed by atoms with Crippen molar-refractivity contribution in [3.05, 3.63) is 52.2 Å². The summed E-state index contributed by atoms with van der Waals surface area (Å²) in [6, 6.07) is 8.53. The zero-order valence-corrected chi connectivity index (χ0v) is 17.3. The number of hydrogen-bond donors (Lipinski definition) is 1. The Morgan fingerprint density at radius 3 is 2.66 bits per heavy atom. The van der Waals surface area contributed by atoms with Crippen molar-refractivity contribution >= 4 is 17.6 Å². The van der Waals surface area contributed by atoms with Crippen LogP contribution in [0.3, 0.4) is 0 Å². The minimum atomic E-state index is 0.256. The number of aromatic nitrogens is 2. The molecule has 2 heterocycles. The smallest absolute Gasteiger partial charge is 0.138 e. The Morgan fingerprint density at radius 2 is 1.93 bits per heavy atom. The number of carbonyl (C=O) groups is 1. The largest absolute Gasteiger partial charge is 0.378 e. The van der Waals surface area contributed by atoms with Gasteiger partial charge < -0.3 is 19.4 Å². The first-order valence-corrected chi connectivity index (χ1v) is 10.5. The van der Waals surface area contributed by atoms with E-state index in [2.05, 4.69) is 53.2 Å². The van der Waals surface area contributed by atoms with Gasteiger partial charge in [0.05, 0.1) is 24.3 Å². The van der Waals surface area contributed by atoms with Gasteiger partial charge in [0.2, 0.25) is 0 Å². The van der Waals surface area contributed by atoms with Crippen molar-refractivity contribution in [2.75, 3.05) is 26.3 Å². The van der Waals surface area contributed by atoms with E-state index in [0.717, 1.165) is 67.7 Å². The van der Waals surface area contributed by atoms with Crippen LogP contribution in [0.15, 0.2) is 35.9 Å². The summed E-state index contributed by atoms with van der Waals surface area (Å²) in [6.07, 6.45) is 7.89. The van der Waals surface area contributed by atoms with Gasteiger partial charge in [0, 0.05) is 25.1 Å². The maximum atomic E-state index is 11.1. The number of carbonyl (C=O) groups excluding carboxylic acids is 1. The molecule has 0 radical (unpaired) electrons. The molecule has 152 valence electrons. The van der Waals surface area contributed by atoms with Crippen LogP contribution in [0.2, 0.25) is 0 Å². The molecule has 0 spiro atoms. The molecule has 5 heteroatoms. The molecule has 1 aromatic heterocycles. The summed E-state index contributed by atoms with van der Waals surface area (Å²) in [5, 5.41) is 2.14. The predicted molar refractivity (Wildman–Crippen MR) is 116 cm³/mol. The van der Waals surface area contributed by atoms with Gasteiger partial charge in [0.25, 0.3) is 0 Å². The van der Waals surface area contributed by atoms with E-state index in [1.54, 1.807) is 6.92 Å². The highest BCUT2D eigenvalue weighted by Crippen LogP contribution is 2.20. The van der Waals surface area contributed by atoms with Crippen LogP contribution >= 0.6 is 0 Å². The number of allylic oxidation sites excluding steroid dienone is 1. The number of H-pyrrole nitrogens is 1. The number of rotatable bonds is 6. The number of ketones is 1. The molecule has 1 fully saturated rings. The Labute approximate surface area is 171 Å². The van der Waals surface area contributed by atoms with Crippen molar-refractivity contribution in [1.82, 2.24) is 14.9 Å². The summed E-state index contributed by atoms with van der Waals surface area (Å²) in [7, 11) is 0. The number of benzene rings is 1. The van der Waals surface area contributed by atoms with Gasteiger partial charge in [-0.2, -0.15) is 0 Å². The zero-order valence-electron chi connectivity index (χ0n) is 17.3. The van der Waals surface area contributed by atoms with E-state index >= 15 is 0 Å². The average Bonchev–Trinajstić information content (AvgIpc) is 3.06. The number of imidazole rings is 1. The van der Waals surface area contributed by atoms with Crippen molar-refractivity contribution in [2.45, 2.75) is 39.5 Å². The van der Waals surface area contributed by atoms with E-state index in [1.807, 2.05) is 0 Å². The Balaban J connectivity index is 1.65. The molecule has 0 amide bonds. The van der Waals surface area contributed by atoms with Crippen LogP contribution in [0.1, 0.15) is 38.7 Å². The molecule has 1 N–H and O–H groups in total. The van der Waals surface area contributed by atoms with Gasteiger partial charge >= 0.3 is 0 Å². The van der Waals surface area contributed by atoms with Crippen LogP contribution in [0.5, 0.6) is 0 Å². The Hall–Kier alpha value is -2.66. The highest BCUT2D eigenvalue weighted by Gasteiger charge is 2.19. The highest BCUT2D eigenvalue weighted by molar-refractivity contribution is 5.75. The van der Waals surface area contributed by atoms with E-state index in [1.165, 1.54) is 16.8 Å². The second-order valence-corrected chi connectivity index (χ2v) is 7.88. The molecule has 1 aliphatic carbocycles. The minimum Gasteiger partial charge on any atom is -0.378 e. The van der Waals surface area contributed by atoms with Crippen molar-refractivity contribution < 1.29 is 9.53 Å². The summed E-state index contributed by atoms with van der Waals surface area (Å²) < 4.78 is 5.54. The first kappa shape index (κ1) is 19.6. The number of Topliss-reactive ketones (excluding diaryl/α,β-unsaturated/α-hetero) is 1. The van der Waals surface area contributed by atoms with Gasteiger partial charge in [-0.3, -0.25) is 0 Å². The Kier molecular flexibility index (Phi) is 5.95. The topological polar surface area (TPSA) is 58.2 Å². The summed E-state index contributed by atoms with van der Waals surface area (Å²) in [5.41, 5.74) is 4.85. The maximum absolute atomic E-state index is 11.1. The summed E-state index contributed by atoms with van der Waals surface area (Å²) >= 11 is 0. The molecule has 2 aliphatic rings. The van der Waals surface area contributed by atoms with Crippen LogP contribution in [-0.4, -0.2) is 47.0 Å². The van der Waals surface area contributed by atoms with Gasteiger partial charge in [-0.1, -0.05) is 36.4 Å². The zero-order chi connectivity index (χ0) is 20.2. The van der Waals surface area contributed by atoms with Gasteiger partial charge in [-0.05, 0) is 44.2 Å². The van der Waals surface area contributed by atoms with E-state index in [4.69, 9.17) is 9.72 Å². The van der Waals surface area contributed by atoms with Gasteiger partial charge in [-0.15, -0.1) is 0 Å². The number of fused-ring (bicyclic) bond motifs is 1. The standard InChI is InChI=1S/C24H29N3O2/c1-17-5-3-8-21-22(23(17)27-13-15-29-16-14-27)26-24(25-21)20-11-9-19(10-12-20)7-4-6-18(2)28/h5,8-12H,3-4,6-7,13-16H2,1-2H3,(H,25,26). The molecule has 0 unspecified atom stereocenters. The molecule has 1 saturated heterocycles. The Morgan fingerprint density at radius 1 is 1.17 bits per heavy atom. The fourth-order valence-corrected chi connectivity index (χ4v) is 4.05. The first-order chi connectivity index (χ1) is 14.1. The number of nitrogens with one attached hydrogen (secondary N) is 1. The molecular weight excluding hydrogens is 362 g/mol. The molecule has 2 aromatic rings. The van der Waals surface area contributed by atoms with Crippen molar-refractivity contribution in [3.63, 3.8) is 0 Å². The second kappa shape index (κ2) is 8.78. The lowest BCUT2D eigenvalue weighted by molar-refractivity contribution is -0.117. The predicted octanol–water partition coefficient (Wildman–Crippen LogP) is 2.56. The molecular formula is C24H29N3O2. The summed E-state index contributed by atoms with van der Waals surface area (Å²) in [4.78, 5) is 22.1. The number of nitrogens with zero attached hydrogens (tertiary/aromatic N) is 2. The number of aromatic amines is 1. The van der Waals surface area contributed by atoms with E-state index in [9.17, 15) is 4.79 Å². The third kappa shape index (κ3) is 4.51. The van der Waals surface area contributed by atoms with Crippen molar-refractivity contribution in [2.24, 2.45) is 0 Å². The molecule has 0 atom stereocenters. The fourth-order valence-electron chi connectivity index (χ4n) is 4.05. The van der Waals surface area contributed by atoms with Gasteiger partial charge in [-0.25, -0.2) is 4.98 Å². The van der Waals surface area contributed by atoms with E-state index in [-0.39, 0.29) is 5.78 Å². The molecule has 29 heavy (non-hydrogen) atoms. The average molecular weight is 392 g/mol. The molecule has 0 bridgehead atoms. The van der Waals surface area contributed by atoms with E-state index < -0.39 is 0 Å². The number of hydrogen-bond acceptors (Lipinski definition) is 4. The quantitative estimate of drug-likeness (QED) is 0.822. The van der Waals surface area contributed by atoms with Crippen LogP contribution in [0, 0.1) is 0 Å². The number of morpholine rings is 1. The van der Waals surface area contributed by atoms with Gasteiger partial charge in [0.15, 0.2) is 0 Å². The molecule has 1 aliphatic heterocycles. The van der Waals surface area contributed by atoms with Crippen molar-refractivity contribution in [3.8, 4) is 11.4 Å². The van der Waals surface area contributed by atoms with Crippen LogP contribution in [0.25, 0.3) is 23.2 Å². The molecule has 1 aromatic carbocycles. The minimum absolute atomic E-state index is 0.256. The number of aryl methyl sites for hydroxylation is 1. The van der Waals surface area contributed by atoms with E-state index in [0.29, 0.717) is 6.42 Å². The monoisotopic (exact) mass is 391 g/mol. The third-order valence-electron chi connectivity index (χ3n) is 5.62. The van der Waals surface area contributed by atoms with Gasteiger partial charge in [0.1, 0.15) is 17.0 Å². The highest BCUT2D eigenvalue weighted by atomic mass is 16.5. The first-order valence-electron chi connectivity index (χ1n) is 10.5. The SMILES string of the molecule is CC(=O)CCCc1ccc(-c2nc3c([nH]2)=CCC=C(C)C=3N2CCOCC2)cc1. The second-order valence-electron chi connectivity index (χ2n) is 7.88. The van der Waals surface area contributed by atoms with Crippen LogP contribution < -0.4 is 10.7 Å². The summed E-state index contributed by atoms with van der Waals surface area (Å²) in [5.74, 6) is 1.16. The van der Waals surface area contributed by atoms with Crippen LogP contribution in [-0.2, 0) is 16.0 Å². The third-order valence-corrected chi connectivity index (χ3v) is 5.62. The summed E-state index contributed by atoms with van der Waals surface area (Å²) in [6.45, 7) is 7.16. The van der Waals surface area contributed by atoms with Crippen LogP contribution in [0.4, 0.5) is 0 Å². The molecule has 5 nitrogen and oxygen atoms in total. The molecule has 0 saturated carbocycles. The normalized spacial score (nSPS) is 16.7. The lowest BCUT2D eigenvalue weighted by atomic mass is 10.0.